The van der Waals surface area contributed by atoms with Gasteiger partial charge in [-0.2, -0.15) is 0 Å². The first kappa shape index (κ1) is 18.6. The molecule has 0 bridgehead atoms. The summed E-state index contributed by atoms with van der Waals surface area (Å²) in [6.07, 6.45) is 0.705. The van der Waals surface area contributed by atoms with Gasteiger partial charge in [0.25, 0.3) is 5.91 Å². The lowest BCUT2D eigenvalue weighted by Gasteiger charge is -2.21. The van der Waals surface area contributed by atoms with E-state index < -0.39 is 17.9 Å². The standard InChI is InChI=1S/C20H22FNO3/c1-3-8-18(15-9-5-4-6-10-15)22-19(23)14(2)25-20(24)16-11-7-12-17(21)13-16/h4-7,9-14,18H,3,8H2,1-2H3,(H,22,23). The second-order valence-corrected chi connectivity index (χ2v) is 5.82. The van der Waals surface area contributed by atoms with Crippen LogP contribution in [0.2, 0.25) is 0 Å². The molecule has 2 aromatic carbocycles. The Morgan fingerprint density at radius 1 is 1.12 bits per heavy atom. The van der Waals surface area contributed by atoms with E-state index >= 15 is 0 Å². The largest absolute Gasteiger partial charge is 0.449 e. The Balaban J connectivity index is 1.99. The molecule has 132 valence electrons. The third kappa shape index (κ3) is 5.41. The topological polar surface area (TPSA) is 55.4 Å². The molecule has 1 N–H and O–H groups in total. The number of ether oxygens (including phenoxy) is 1. The number of benzene rings is 2. The smallest absolute Gasteiger partial charge is 0.339 e. The minimum atomic E-state index is -0.973. The molecule has 5 heteroatoms. The highest BCUT2D eigenvalue weighted by atomic mass is 19.1. The quantitative estimate of drug-likeness (QED) is 0.772. The van der Waals surface area contributed by atoms with Gasteiger partial charge in [-0.1, -0.05) is 49.7 Å². The summed E-state index contributed by atoms with van der Waals surface area (Å²) in [4.78, 5) is 24.4. The van der Waals surface area contributed by atoms with Gasteiger partial charge in [-0.3, -0.25) is 4.79 Å². The number of esters is 1. The Morgan fingerprint density at radius 3 is 2.48 bits per heavy atom. The van der Waals surface area contributed by atoms with Crippen molar-refractivity contribution in [1.82, 2.24) is 5.32 Å². The molecule has 0 aromatic heterocycles. The fourth-order valence-electron chi connectivity index (χ4n) is 2.48. The van der Waals surface area contributed by atoms with Gasteiger partial charge in [0.2, 0.25) is 0 Å². The summed E-state index contributed by atoms with van der Waals surface area (Å²) in [5.41, 5.74) is 1.08. The molecule has 0 aliphatic rings. The van der Waals surface area contributed by atoms with E-state index in [1.165, 1.54) is 25.1 Å². The van der Waals surface area contributed by atoms with E-state index in [9.17, 15) is 14.0 Å². The summed E-state index contributed by atoms with van der Waals surface area (Å²) in [5.74, 6) is -1.64. The molecule has 2 unspecified atom stereocenters. The number of carbonyl (C=O) groups excluding carboxylic acids is 2. The molecule has 0 aliphatic carbocycles. The van der Waals surface area contributed by atoms with Gasteiger partial charge in [0.1, 0.15) is 5.82 Å². The number of amides is 1. The van der Waals surface area contributed by atoms with Gasteiger partial charge in [0.05, 0.1) is 11.6 Å². The highest BCUT2D eigenvalue weighted by molar-refractivity contribution is 5.92. The molecular weight excluding hydrogens is 321 g/mol. The van der Waals surface area contributed by atoms with Crippen molar-refractivity contribution in [3.8, 4) is 0 Å². The molecule has 2 aromatic rings. The third-order valence-corrected chi connectivity index (χ3v) is 3.81. The van der Waals surface area contributed by atoms with Crippen molar-refractivity contribution in [2.75, 3.05) is 0 Å². The van der Waals surface area contributed by atoms with Crippen LogP contribution >= 0.6 is 0 Å². The second-order valence-electron chi connectivity index (χ2n) is 5.82. The van der Waals surface area contributed by atoms with Crippen LogP contribution in [0.25, 0.3) is 0 Å². The molecule has 0 radical (unpaired) electrons. The van der Waals surface area contributed by atoms with Crippen LogP contribution < -0.4 is 5.32 Å². The first-order valence-electron chi connectivity index (χ1n) is 8.33. The molecule has 0 heterocycles. The third-order valence-electron chi connectivity index (χ3n) is 3.81. The van der Waals surface area contributed by atoms with E-state index in [2.05, 4.69) is 5.32 Å². The van der Waals surface area contributed by atoms with E-state index in [1.807, 2.05) is 37.3 Å². The fraction of sp³-hybridized carbons (Fsp3) is 0.300. The molecule has 25 heavy (non-hydrogen) atoms. The van der Waals surface area contributed by atoms with Crippen LogP contribution in [-0.4, -0.2) is 18.0 Å². The van der Waals surface area contributed by atoms with Gasteiger partial charge in [-0.15, -0.1) is 0 Å². The molecule has 0 spiro atoms. The lowest BCUT2D eigenvalue weighted by Crippen LogP contribution is -2.38. The van der Waals surface area contributed by atoms with Crippen molar-refractivity contribution < 1.29 is 18.7 Å². The van der Waals surface area contributed by atoms with Crippen LogP contribution in [0.4, 0.5) is 4.39 Å². The summed E-state index contributed by atoms with van der Waals surface area (Å²) in [6.45, 7) is 3.54. The maximum absolute atomic E-state index is 13.2. The van der Waals surface area contributed by atoms with Crippen LogP contribution in [0.5, 0.6) is 0 Å². The molecule has 2 rings (SSSR count). The zero-order chi connectivity index (χ0) is 18.2. The van der Waals surface area contributed by atoms with Crippen molar-refractivity contribution in [3.05, 3.63) is 71.5 Å². The number of carbonyl (C=O) groups is 2. The lowest BCUT2D eigenvalue weighted by atomic mass is 10.0. The fourth-order valence-corrected chi connectivity index (χ4v) is 2.48. The van der Waals surface area contributed by atoms with Crippen LogP contribution in [0.15, 0.2) is 54.6 Å². The van der Waals surface area contributed by atoms with E-state index in [4.69, 9.17) is 4.74 Å². The van der Waals surface area contributed by atoms with Gasteiger partial charge in [-0.05, 0) is 37.1 Å². The Bertz CT molecular complexity index is 718. The van der Waals surface area contributed by atoms with E-state index in [1.54, 1.807) is 0 Å². The molecule has 0 saturated heterocycles. The maximum atomic E-state index is 13.2. The maximum Gasteiger partial charge on any atom is 0.339 e. The highest BCUT2D eigenvalue weighted by Crippen LogP contribution is 2.18. The normalized spacial score (nSPS) is 12.9. The van der Waals surface area contributed by atoms with Crippen LogP contribution in [0.1, 0.15) is 48.7 Å². The van der Waals surface area contributed by atoms with Crippen molar-refractivity contribution in [2.45, 2.75) is 38.8 Å². The summed E-state index contributed by atoms with van der Waals surface area (Å²) in [7, 11) is 0. The van der Waals surface area contributed by atoms with Crippen LogP contribution in [-0.2, 0) is 9.53 Å². The molecular formula is C20H22FNO3. The van der Waals surface area contributed by atoms with E-state index in [-0.39, 0.29) is 17.5 Å². The summed E-state index contributed by atoms with van der Waals surface area (Å²) in [6, 6.07) is 14.7. The van der Waals surface area contributed by atoms with E-state index in [0.717, 1.165) is 24.5 Å². The first-order chi connectivity index (χ1) is 12.0. The minimum absolute atomic E-state index is 0.0767. The number of hydrogen-bond donors (Lipinski definition) is 1. The van der Waals surface area contributed by atoms with Gasteiger partial charge in [0, 0.05) is 0 Å². The molecule has 4 nitrogen and oxygen atoms in total. The Labute approximate surface area is 147 Å². The zero-order valence-corrected chi connectivity index (χ0v) is 14.4. The van der Waals surface area contributed by atoms with Crippen molar-refractivity contribution >= 4 is 11.9 Å². The van der Waals surface area contributed by atoms with Crippen LogP contribution in [0, 0.1) is 5.82 Å². The SMILES string of the molecule is CCCC(NC(=O)C(C)OC(=O)c1cccc(F)c1)c1ccccc1. The van der Waals surface area contributed by atoms with Gasteiger partial charge in [0.15, 0.2) is 6.10 Å². The number of halogens is 1. The van der Waals surface area contributed by atoms with Crippen molar-refractivity contribution in [2.24, 2.45) is 0 Å². The summed E-state index contributed by atoms with van der Waals surface area (Å²) >= 11 is 0. The van der Waals surface area contributed by atoms with Crippen LogP contribution in [0.3, 0.4) is 0 Å². The summed E-state index contributed by atoms with van der Waals surface area (Å²) in [5, 5.41) is 2.91. The predicted octanol–water partition coefficient (Wildman–Crippen LogP) is 4.03. The Morgan fingerprint density at radius 2 is 1.84 bits per heavy atom. The molecule has 0 fully saturated rings. The molecule has 2 atom stereocenters. The van der Waals surface area contributed by atoms with Gasteiger partial charge < -0.3 is 10.1 Å². The molecule has 0 aliphatic heterocycles. The Kier molecular flexibility index (Phi) is 6.69. The van der Waals surface area contributed by atoms with Crippen molar-refractivity contribution in [1.29, 1.82) is 0 Å². The van der Waals surface area contributed by atoms with Crippen molar-refractivity contribution in [3.63, 3.8) is 0 Å². The monoisotopic (exact) mass is 343 g/mol. The molecule has 1 amide bonds. The predicted molar refractivity (Wildman–Crippen MR) is 93.5 cm³/mol. The number of nitrogens with one attached hydrogen (secondary N) is 1. The average molecular weight is 343 g/mol. The van der Waals surface area contributed by atoms with Gasteiger partial charge >= 0.3 is 5.97 Å². The number of rotatable bonds is 7. The first-order valence-corrected chi connectivity index (χ1v) is 8.33. The Hall–Kier alpha value is -2.69. The second kappa shape index (κ2) is 8.97. The number of hydrogen-bond acceptors (Lipinski definition) is 3. The lowest BCUT2D eigenvalue weighted by molar-refractivity contribution is -0.129. The summed E-state index contributed by atoms with van der Waals surface area (Å²) < 4.78 is 18.3. The minimum Gasteiger partial charge on any atom is -0.449 e. The van der Waals surface area contributed by atoms with E-state index in [0.29, 0.717) is 0 Å². The van der Waals surface area contributed by atoms with Gasteiger partial charge in [-0.25, -0.2) is 9.18 Å². The average Bonchev–Trinajstić information content (AvgIpc) is 2.62. The highest BCUT2D eigenvalue weighted by Gasteiger charge is 2.22. The zero-order valence-electron chi connectivity index (χ0n) is 14.4. The molecule has 0 saturated carbocycles.